The Hall–Kier alpha value is -2.83. The van der Waals surface area contributed by atoms with E-state index in [1.807, 2.05) is 24.4 Å². The minimum Gasteiger partial charge on any atom is -0.545 e. The third kappa shape index (κ3) is 4.81. The number of carbonyl (C=O) groups excluding carboxylic acids is 3. The first-order chi connectivity index (χ1) is 9.40. The molecule has 0 bridgehead atoms. The third-order valence-corrected chi connectivity index (χ3v) is 2.32. The van der Waals surface area contributed by atoms with Crippen LogP contribution in [0.2, 0.25) is 0 Å². The Morgan fingerprint density at radius 3 is 2.15 bits per heavy atom. The zero-order valence-corrected chi connectivity index (χ0v) is 11.0. The van der Waals surface area contributed by atoms with Crippen molar-refractivity contribution in [1.82, 2.24) is 10.9 Å². The Labute approximate surface area is 115 Å². The minimum absolute atomic E-state index is 0.361. The third-order valence-electron chi connectivity index (χ3n) is 2.32. The summed E-state index contributed by atoms with van der Waals surface area (Å²) >= 11 is 0. The van der Waals surface area contributed by atoms with Crippen LogP contribution in [0.1, 0.15) is 10.4 Å². The van der Waals surface area contributed by atoms with Crippen LogP contribution in [-0.2, 0) is 9.59 Å². The molecule has 0 spiro atoms. The number of hydrogen-bond donors (Lipinski definition) is 2. The minimum atomic E-state index is -1.49. The average Bonchev–Trinajstić information content (AvgIpc) is 2.42. The van der Waals surface area contributed by atoms with E-state index in [0.717, 1.165) is 11.8 Å². The highest BCUT2D eigenvalue weighted by Crippen LogP contribution is 2.11. The summed E-state index contributed by atoms with van der Waals surface area (Å²) in [6.45, 7) is 0. The van der Waals surface area contributed by atoms with Gasteiger partial charge in [0.1, 0.15) is 0 Å². The lowest BCUT2D eigenvalue weighted by molar-refractivity contribution is -0.297. The molecule has 1 rings (SSSR count). The molecule has 2 amide bonds. The summed E-state index contributed by atoms with van der Waals surface area (Å²) in [5, 5.41) is 10.1. The van der Waals surface area contributed by atoms with E-state index in [1.54, 1.807) is 24.3 Å². The van der Waals surface area contributed by atoms with Crippen LogP contribution in [0.5, 0.6) is 0 Å². The number of hydrogen-bond acceptors (Lipinski definition) is 5. The number of amides is 2. The number of carboxylic acid groups (broad SMARTS) is 1. The fourth-order valence-corrected chi connectivity index (χ4v) is 1.29. The number of nitrogens with one attached hydrogen (secondary N) is 2. The molecular weight excluding hydrogens is 262 g/mol. The SMILES string of the molecule is CN(C)c1ccc(C(=O)NNC(=O)C=CC(=O)[O-])cc1. The van der Waals surface area contributed by atoms with Crippen LogP contribution < -0.4 is 20.9 Å². The van der Waals surface area contributed by atoms with E-state index >= 15 is 0 Å². The van der Waals surface area contributed by atoms with Crippen LogP contribution in [0.15, 0.2) is 36.4 Å². The first-order valence-electron chi connectivity index (χ1n) is 5.67. The van der Waals surface area contributed by atoms with Gasteiger partial charge in [0.05, 0.1) is 5.97 Å². The largest absolute Gasteiger partial charge is 0.545 e. The van der Waals surface area contributed by atoms with E-state index in [9.17, 15) is 19.5 Å². The number of carboxylic acids is 1. The summed E-state index contributed by atoms with van der Waals surface area (Å²) in [6.07, 6.45) is 1.30. The number of anilines is 1. The van der Waals surface area contributed by atoms with Crippen molar-refractivity contribution < 1.29 is 19.5 Å². The van der Waals surface area contributed by atoms with E-state index in [4.69, 9.17) is 0 Å². The van der Waals surface area contributed by atoms with Gasteiger partial charge in [0.25, 0.3) is 11.8 Å². The fraction of sp³-hybridized carbons (Fsp3) is 0.154. The van der Waals surface area contributed by atoms with Crippen molar-refractivity contribution in [3.63, 3.8) is 0 Å². The number of aliphatic carboxylic acids is 1. The summed E-state index contributed by atoms with van der Waals surface area (Å²) in [6, 6.07) is 6.72. The van der Waals surface area contributed by atoms with Gasteiger partial charge in [-0.3, -0.25) is 20.4 Å². The molecule has 0 aliphatic rings. The van der Waals surface area contributed by atoms with Gasteiger partial charge >= 0.3 is 0 Å². The second-order valence-corrected chi connectivity index (χ2v) is 4.04. The van der Waals surface area contributed by atoms with Crippen molar-refractivity contribution >= 4 is 23.5 Å². The Kier molecular flexibility index (Phi) is 5.28. The fourth-order valence-electron chi connectivity index (χ4n) is 1.29. The van der Waals surface area contributed by atoms with Gasteiger partial charge in [-0.05, 0) is 30.3 Å². The quantitative estimate of drug-likeness (QED) is 0.532. The van der Waals surface area contributed by atoms with Crippen LogP contribution in [0.3, 0.4) is 0 Å². The normalized spacial score (nSPS) is 10.1. The van der Waals surface area contributed by atoms with Crippen molar-refractivity contribution in [2.75, 3.05) is 19.0 Å². The van der Waals surface area contributed by atoms with Gasteiger partial charge in [-0.25, -0.2) is 0 Å². The van der Waals surface area contributed by atoms with Crippen LogP contribution in [0, 0.1) is 0 Å². The van der Waals surface area contributed by atoms with Crippen molar-refractivity contribution in [3.05, 3.63) is 42.0 Å². The van der Waals surface area contributed by atoms with E-state index in [1.165, 1.54) is 0 Å². The predicted octanol–water partition coefficient (Wildman–Crippen LogP) is -1.18. The lowest BCUT2D eigenvalue weighted by atomic mass is 10.2. The summed E-state index contributed by atoms with van der Waals surface area (Å²) in [5.74, 6) is -2.77. The van der Waals surface area contributed by atoms with Gasteiger partial charge in [-0.2, -0.15) is 0 Å². The highest BCUT2D eigenvalue weighted by Gasteiger charge is 2.06. The highest BCUT2D eigenvalue weighted by molar-refractivity contribution is 5.98. The molecule has 7 nitrogen and oxygen atoms in total. The first-order valence-corrected chi connectivity index (χ1v) is 5.67. The molecule has 0 fully saturated rings. The summed E-state index contributed by atoms with van der Waals surface area (Å²) < 4.78 is 0. The number of hydrazine groups is 1. The topological polar surface area (TPSA) is 102 Å². The maximum absolute atomic E-state index is 11.7. The van der Waals surface area contributed by atoms with Gasteiger partial charge in [0.15, 0.2) is 0 Å². The molecule has 0 aliphatic carbocycles. The van der Waals surface area contributed by atoms with Gasteiger partial charge in [0.2, 0.25) is 0 Å². The molecule has 1 aromatic carbocycles. The lowest BCUT2D eigenvalue weighted by Gasteiger charge is -2.12. The van der Waals surface area contributed by atoms with Crippen molar-refractivity contribution in [2.45, 2.75) is 0 Å². The molecule has 0 saturated heterocycles. The van der Waals surface area contributed by atoms with Crippen molar-refractivity contribution in [2.24, 2.45) is 0 Å². The molecule has 0 aromatic heterocycles. The molecule has 2 N–H and O–H groups in total. The second-order valence-electron chi connectivity index (χ2n) is 4.04. The van der Waals surface area contributed by atoms with E-state index in [0.29, 0.717) is 11.6 Å². The van der Waals surface area contributed by atoms with Gasteiger partial charge in [-0.1, -0.05) is 0 Å². The molecule has 106 valence electrons. The number of nitrogens with zero attached hydrogens (tertiary/aromatic N) is 1. The molecule has 20 heavy (non-hydrogen) atoms. The molecule has 0 saturated carbocycles. The van der Waals surface area contributed by atoms with Crippen LogP contribution in [0.25, 0.3) is 0 Å². The molecule has 1 aromatic rings. The Balaban J connectivity index is 2.55. The van der Waals surface area contributed by atoms with E-state index in [-0.39, 0.29) is 0 Å². The molecule has 0 atom stereocenters. The van der Waals surface area contributed by atoms with Crippen LogP contribution >= 0.6 is 0 Å². The van der Waals surface area contributed by atoms with Crippen molar-refractivity contribution in [3.8, 4) is 0 Å². The van der Waals surface area contributed by atoms with E-state index in [2.05, 4.69) is 5.43 Å². The molecule has 0 aliphatic heterocycles. The molecule has 0 radical (unpaired) electrons. The zero-order valence-electron chi connectivity index (χ0n) is 11.0. The van der Waals surface area contributed by atoms with Crippen LogP contribution in [-0.4, -0.2) is 31.9 Å². The average molecular weight is 276 g/mol. The van der Waals surface area contributed by atoms with E-state index < -0.39 is 17.8 Å². The maximum Gasteiger partial charge on any atom is 0.269 e. The van der Waals surface area contributed by atoms with Gasteiger partial charge < -0.3 is 14.8 Å². The lowest BCUT2D eigenvalue weighted by Crippen LogP contribution is -2.41. The highest BCUT2D eigenvalue weighted by atomic mass is 16.4. The second kappa shape index (κ2) is 6.93. The monoisotopic (exact) mass is 276 g/mol. The summed E-state index contributed by atoms with van der Waals surface area (Å²) in [5.41, 5.74) is 5.50. The summed E-state index contributed by atoms with van der Waals surface area (Å²) in [4.78, 5) is 34.8. The predicted molar refractivity (Wildman–Crippen MR) is 70.5 cm³/mol. The Bertz CT molecular complexity index is 535. The standard InChI is InChI=1S/C13H15N3O4/c1-16(2)10-5-3-9(4-6-10)13(20)15-14-11(17)7-8-12(18)19/h3-8H,1-2H3,(H,14,17)(H,15,20)(H,18,19)/p-1. The zero-order chi connectivity index (χ0) is 15.1. The Morgan fingerprint density at radius 1 is 1.05 bits per heavy atom. The maximum atomic E-state index is 11.7. The molecule has 0 heterocycles. The van der Waals surface area contributed by atoms with Gasteiger partial charge in [0, 0.05) is 31.4 Å². The van der Waals surface area contributed by atoms with Crippen LogP contribution in [0.4, 0.5) is 5.69 Å². The summed E-state index contributed by atoms with van der Waals surface area (Å²) in [7, 11) is 3.75. The smallest absolute Gasteiger partial charge is 0.269 e. The number of carbonyl (C=O) groups is 3. The van der Waals surface area contributed by atoms with Gasteiger partial charge in [-0.15, -0.1) is 0 Å². The Morgan fingerprint density at radius 2 is 1.65 bits per heavy atom. The number of benzene rings is 1. The molecule has 7 heteroatoms. The molecular formula is C13H14N3O4-. The van der Waals surface area contributed by atoms with Crippen molar-refractivity contribution in [1.29, 1.82) is 0 Å². The number of rotatable bonds is 4. The molecule has 0 unspecified atom stereocenters. The first kappa shape index (κ1) is 15.2.